The molecule has 0 aliphatic heterocycles. The topological polar surface area (TPSA) is 26.0 Å². The lowest BCUT2D eigenvalue weighted by molar-refractivity contribution is 0.225. The highest BCUT2D eigenvalue weighted by molar-refractivity contribution is 4.94. The van der Waals surface area contributed by atoms with Gasteiger partial charge in [0.15, 0.2) is 0 Å². The highest BCUT2D eigenvalue weighted by atomic mass is 14.7. The van der Waals surface area contributed by atoms with E-state index in [4.69, 9.17) is 5.73 Å². The van der Waals surface area contributed by atoms with E-state index in [1.54, 1.807) is 0 Å². The molecule has 0 saturated heterocycles. The van der Waals surface area contributed by atoms with Crippen molar-refractivity contribution in [1.82, 2.24) is 0 Å². The molecule has 0 bridgehead atoms. The highest BCUT2D eigenvalue weighted by Crippen LogP contribution is 2.45. The zero-order valence-corrected chi connectivity index (χ0v) is 5.14. The van der Waals surface area contributed by atoms with E-state index in [2.05, 4.69) is 0 Å². The smallest absolute Gasteiger partial charge is 0.00699 e. The summed E-state index contributed by atoms with van der Waals surface area (Å²) in [7, 11) is 0. The molecule has 2 saturated carbocycles. The fourth-order valence-corrected chi connectivity index (χ4v) is 1.66. The van der Waals surface area contributed by atoms with Crippen LogP contribution < -0.4 is 5.73 Å². The molecule has 0 radical (unpaired) electrons. The van der Waals surface area contributed by atoms with Gasteiger partial charge in [0.2, 0.25) is 0 Å². The molecule has 2 aliphatic carbocycles. The molecule has 0 amide bonds. The van der Waals surface area contributed by atoms with Gasteiger partial charge in [-0.1, -0.05) is 0 Å². The number of rotatable bonds is 1. The molecule has 2 rings (SSSR count). The Morgan fingerprint density at radius 2 is 1.75 bits per heavy atom. The normalized spacial score (nSPS) is 46.1. The maximum Gasteiger partial charge on any atom is 0.00699 e. The Morgan fingerprint density at radius 1 is 1.00 bits per heavy atom. The van der Waals surface area contributed by atoms with Gasteiger partial charge < -0.3 is 5.73 Å². The average molecular weight is 111 g/mol. The van der Waals surface area contributed by atoms with E-state index < -0.39 is 0 Å². The Labute approximate surface area is 50.3 Å². The monoisotopic (exact) mass is 111 g/mol. The van der Waals surface area contributed by atoms with Crippen LogP contribution in [0.2, 0.25) is 0 Å². The fourth-order valence-electron chi connectivity index (χ4n) is 1.66. The number of hydrogen-bond donors (Lipinski definition) is 1. The molecule has 2 fully saturated rings. The Morgan fingerprint density at radius 3 is 1.88 bits per heavy atom. The van der Waals surface area contributed by atoms with Crippen molar-refractivity contribution in [2.24, 2.45) is 17.6 Å². The minimum atomic E-state index is 0.586. The summed E-state index contributed by atoms with van der Waals surface area (Å²) in [5.74, 6) is 1.99. The van der Waals surface area contributed by atoms with E-state index in [0.717, 1.165) is 11.8 Å². The Hall–Kier alpha value is -0.0400. The van der Waals surface area contributed by atoms with Crippen molar-refractivity contribution in [3.05, 3.63) is 0 Å². The molecule has 8 heavy (non-hydrogen) atoms. The Balaban J connectivity index is 1.87. The van der Waals surface area contributed by atoms with E-state index in [1.165, 1.54) is 25.7 Å². The standard InChI is InChI=1S/C7H13N/c8-7-4-3-6(7)5-1-2-5/h5-7H,1-4,8H2/t6-,7-/m0/s1. The first-order valence-electron chi connectivity index (χ1n) is 3.63. The minimum absolute atomic E-state index is 0.586. The van der Waals surface area contributed by atoms with Crippen molar-refractivity contribution >= 4 is 0 Å². The van der Waals surface area contributed by atoms with Crippen LogP contribution in [0.1, 0.15) is 25.7 Å². The molecular weight excluding hydrogens is 98.1 g/mol. The van der Waals surface area contributed by atoms with Crippen LogP contribution in [0.25, 0.3) is 0 Å². The van der Waals surface area contributed by atoms with Gasteiger partial charge in [0.1, 0.15) is 0 Å². The molecule has 0 unspecified atom stereocenters. The minimum Gasteiger partial charge on any atom is -0.327 e. The lowest BCUT2D eigenvalue weighted by Gasteiger charge is -2.33. The largest absolute Gasteiger partial charge is 0.327 e. The van der Waals surface area contributed by atoms with E-state index in [0.29, 0.717) is 6.04 Å². The SMILES string of the molecule is N[C@H]1CC[C@H]1C1CC1. The quantitative estimate of drug-likeness (QED) is 0.539. The number of hydrogen-bond acceptors (Lipinski definition) is 1. The summed E-state index contributed by atoms with van der Waals surface area (Å²) in [4.78, 5) is 0. The Kier molecular flexibility index (Phi) is 0.884. The first kappa shape index (κ1) is 4.80. The molecule has 1 heteroatoms. The molecule has 46 valence electrons. The Bertz CT molecular complexity index is 94.6. The van der Waals surface area contributed by atoms with E-state index in [9.17, 15) is 0 Å². The van der Waals surface area contributed by atoms with Crippen molar-refractivity contribution in [1.29, 1.82) is 0 Å². The second-order valence-electron chi connectivity index (χ2n) is 3.24. The summed E-state index contributed by atoms with van der Waals surface area (Å²) in [5.41, 5.74) is 5.76. The first-order chi connectivity index (χ1) is 3.88. The first-order valence-corrected chi connectivity index (χ1v) is 3.63. The van der Waals surface area contributed by atoms with Crippen molar-refractivity contribution in [3.8, 4) is 0 Å². The average Bonchev–Trinajstić information content (AvgIpc) is 2.46. The molecule has 0 aromatic carbocycles. The second kappa shape index (κ2) is 1.47. The van der Waals surface area contributed by atoms with E-state index in [-0.39, 0.29) is 0 Å². The fraction of sp³-hybridized carbons (Fsp3) is 1.00. The van der Waals surface area contributed by atoms with Crippen LogP contribution in [0.5, 0.6) is 0 Å². The predicted octanol–water partition coefficient (Wildman–Crippen LogP) is 1.13. The predicted molar refractivity (Wildman–Crippen MR) is 33.4 cm³/mol. The molecule has 0 aromatic heterocycles. The van der Waals surface area contributed by atoms with Crippen molar-refractivity contribution in [2.75, 3.05) is 0 Å². The van der Waals surface area contributed by atoms with E-state index >= 15 is 0 Å². The molecule has 2 aliphatic rings. The third-order valence-corrected chi connectivity index (χ3v) is 2.61. The third kappa shape index (κ3) is 0.576. The molecule has 1 nitrogen and oxygen atoms in total. The molecule has 2 atom stereocenters. The molecule has 0 spiro atoms. The number of nitrogens with two attached hydrogens (primary N) is 1. The summed E-state index contributed by atoms with van der Waals surface area (Å²) < 4.78 is 0. The van der Waals surface area contributed by atoms with Crippen LogP contribution in [-0.4, -0.2) is 6.04 Å². The summed E-state index contributed by atoms with van der Waals surface area (Å²) in [6, 6.07) is 0.586. The van der Waals surface area contributed by atoms with Crippen LogP contribution in [-0.2, 0) is 0 Å². The van der Waals surface area contributed by atoms with Crippen LogP contribution in [0, 0.1) is 11.8 Å². The van der Waals surface area contributed by atoms with Gasteiger partial charge in [-0.05, 0) is 37.5 Å². The van der Waals surface area contributed by atoms with Gasteiger partial charge in [0.05, 0.1) is 0 Å². The lowest BCUT2D eigenvalue weighted by atomic mass is 9.77. The van der Waals surface area contributed by atoms with Crippen molar-refractivity contribution < 1.29 is 0 Å². The molecule has 0 heterocycles. The van der Waals surface area contributed by atoms with Crippen LogP contribution in [0.4, 0.5) is 0 Å². The third-order valence-electron chi connectivity index (χ3n) is 2.61. The summed E-state index contributed by atoms with van der Waals surface area (Å²) >= 11 is 0. The maximum atomic E-state index is 5.76. The highest BCUT2D eigenvalue weighted by Gasteiger charge is 2.39. The summed E-state index contributed by atoms with van der Waals surface area (Å²) in [5, 5.41) is 0. The molecule has 0 aromatic rings. The van der Waals surface area contributed by atoms with Gasteiger partial charge >= 0.3 is 0 Å². The van der Waals surface area contributed by atoms with Crippen molar-refractivity contribution in [2.45, 2.75) is 31.7 Å². The van der Waals surface area contributed by atoms with Crippen LogP contribution in [0.15, 0.2) is 0 Å². The zero-order valence-electron chi connectivity index (χ0n) is 5.14. The van der Waals surface area contributed by atoms with Gasteiger partial charge in [-0.25, -0.2) is 0 Å². The zero-order chi connectivity index (χ0) is 5.56. The van der Waals surface area contributed by atoms with Gasteiger partial charge in [-0.15, -0.1) is 0 Å². The van der Waals surface area contributed by atoms with E-state index in [1.807, 2.05) is 0 Å². The molecular formula is C7H13N. The van der Waals surface area contributed by atoms with Gasteiger partial charge in [0, 0.05) is 6.04 Å². The van der Waals surface area contributed by atoms with Crippen LogP contribution in [0.3, 0.4) is 0 Å². The van der Waals surface area contributed by atoms with Crippen LogP contribution >= 0.6 is 0 Å². The van der Waals surface area contributed by atoms with Crippen molar-refractivity contribution in [3.63, 3.8) is 0 Å². The second-order valence-corrected chi connectivity index (χ2v) is 3.24. The summed E-state index contributed by atoms with van der Waals surface area (Å²) in [6.07, 6.45) is 5.66. The maximum absolute atomic E-state index is 5.76. The van der Waals surface area contributed by atoms with Gasteiger partial charge in [-0.2, -0.15) is 0 Å². The molecule has 2 N–H and O–H groups in total. The lowest BCUT2D eigenvalue weighted by Crippen LogP contribution is -2.40. The van der Waals surface area contributed by atoms with Gasteiger partial charge in [-0.3, -0.25) is 0 Å². The van der Waals surface area contributed by atoms with Gasteiger partial charge in [0.25, 0.3) is 0 Å². The summed E-state index contributed by atoms with van der Waals surface area (Å²) in [6.45, 7) is 0.